The summed E-state index contributed by atoms with van der Waals surface area (Å²) >= 11 is 0. The first kappa shape index (κ1) is 19.4. The fraction of sp³-hybridized carbons (Fsp3) is 0.500. The lowest BCUT2D eigenvalue weighted by Gasteiger charge is -2.34. The second kappa shape index (κ2) is 8.21. The van der Waals surface area contributed by atoms with E-state index >= 15 is 0 Å². The van der Waals surface area contributed by atoms with Gasteiger partial charge in [-0.1, -0.05) is 56.0 Å². The van der Waals surface area contributed by atoms with Gasteiger partial charge < -0.3 is 4.90 Å². The van der Waals surface area contributed by atoms with Crippen molar-refractivity contribution in [3.05, 3.63) is 42.5 Å². The van der Waals surface area contributed by atoms with E-state index in [0.29, 0.717) is 43.4 Å². The summed E-state index contributed by atoms with van der Waals surface area (Å²) in [5.41, 5.74) is 0. The zero-order valence-corrected chi connectivity index (χ0v) is 17.0. The number of hydrogen-bond donors (Lipinski definition) is 0. The average molecular weight is 401 g/mol. The third-order valence-corrected chi connectivity index (χ3v) is 8.09. The van der Waals surface area contributed by atoms with E-state index in [0.717, 1.165) is 17.2 Å². The second-order valence-electron chi connectivity index (χ2n) is 7.98. The van der Waals surface area contributed by atoms with Crippen molar-refractivity contribution in [3.63, 3.8) is 0 Å². The van der Waals surface area contributed by atoms with Gasteiger partial charge in [-0.15, -0.1) is 0 Å². The molecule has 0 aromatic heterocycles. The predicted molar refractivity (Wildman–Crippen MR) is 110 cm³/mol. The first-order chi connectivity index (χ1) is 13.5. The van der Waals surface area contributed by atoms with E-state index in [9.17, 15) is 13.2 Å². The number of fused-ring (bicyclic) bond motifs is 1. The monoisotopic (exact) mass is 400 g/mol. The molecule has 0 atom stereocenters. The van der Waals surface area contributed by atoms with E-state index < -0.39 is 10.0 Å². The Hall–Kier alpha value is -1.92. The quantitative estimate of drug-likeness (QED) is 0.770. The van der Waals surface area contributed by atoms with Crippen LogP contribution in [-0.2, 0) is 14.8 Å². The van der Waals surface area contributed by atoms with Crippen molar-refractivity contribution in [3.8, 4) is 0 Å². The summed E-state index contributed by atoms with van der Waals surface area (Å²) in [4.78, 5) is 14.6. The minimum Gasteiger partial charge on any atom is -0.340 e. The van der Waals surface area contributed by atoms with Crippen LogP contribution in [0.2, 0.25) is 0 Å². The highest BCUT2D eigenvalue weighted by atomic mass is 32.2. The van der Waals surface area contributed by atoms with Gasteiger partial charge in [-0.05, 0) is 35.2 Å². The van der Waals surface area contributed by atoms with Crippen LogP contribution in [-0.4, -0.2) is 49.7 Å². The summed E-state index contributed by atoms with van der Waals surface area (Å²) in [5, 5.41) is 1.95. The normalized spacial score (nSPS) is 19.4. The van der Waals surface area contributed by atoms with Crippen LogP contribution in [0.25, 0.3) is 10.8 Å². The van der Waals surface area contributed by atoms with Crippen LogP contribution in [0.4, 0.5) is 0 Å². The molecule has 2 fully saturated rings. The van der Waals surface area contributed by atoms with E-state index in [-0.39, 0.29) is 5.91 Å². The summed E-state index contributed by atoms with van der Waals surface area (Å²) in [7, 11) is -3.53. The summed E-state index contributed by atoms with van der Waals surface area (Å²) in [6.07, 6.45) is 6.68. The molecule has 1 saturated carbocycles. The Morgan fingerprint density at radius 2 is 1.61 bits per heavy atom. The lowest BCUT2D eigenvalue weighted by atomic mass is 10.0. The third-order valence-electron chi connectivity index (χ3n) is 6.19. The fourth-order valence-electron chi connectivity index (χ4n) is 4.44. The Morgan fingerprint density at radius 3 is 2.32 bits per heavy atom. The second-order valence-corrected chi connectivity index (χ2v) is 9.92. The molecule has 150 valence electrons. The van der Waals surface area contributed by atoms with Crippen LogP contribution in [0.1, 0.15) is 38.5 Å². The molecule has 2 aromatic carbocycles. The van der Waals surface area contributed by atoms with Crippen molar-refractivity contribution in [2.24, 2.45) is 5.92 Å². The first-order valence-corrected chi connectivity index (χ1v) is 11.7. The lowest BCUT2D eigenvalue weighted by Crippen LogP contribution is -2.50. The number of rotatable bonds is 5. The molecule has 2 aliphatic rings. The van der Waals surface area contributed by atoms with Gasteiger partial charge in [-0.2, -0.15) is 4.31 Å². The van der Waals surface area contributed by atoms with Crippen molar-refractivity contribution in [2.45, 2.75) is 43.4 Å². The van der Waals surface area contributed by atoms with Gasteiger partial charge in [0, 0.05) is 32.6 Å². The predicted octanol–water partition coefficient (Wildman–Crippen LogP) is 3.64. The Kier molecular flexibility index (Phi) is 5.69. The molecular formula is C22H28N2O3S. The molecule has 1 aliphatic carbocycles. The molecule has 0 bridgehead atoms. The maximum Gasteiger partial charge on any atom is 0.243 e. The number of piperazine rings is 1. The molecule has 4 rings (SSSR count). The van der Waals surface area contributed by atoms with Crippen molar-refractivity contribution in [1.29, 1.82) is 0 Å². The Morgan fingerprint density at radius 1 is 0.929 bits per heavy atom. The van der Waals surface area contributed by atoms with Gasteiger partial charge in [0.2, 0.25) is 15.9 Å². The van der Waals surface area contributed by atoms with E-state index in [4.69, 9.17) is 0 Å². The van der Waals surface area contributed by atoms with Crippen molar-refractivity contribution < 1.29 is 13.2 Å². The van der Waals surface area contributed by atoms with Crippen LogP contribution < -0.4 is 0 Å². The van der Waals surface area contributed by atoms with Crippen LogP contribution in [0.5, 0.6) is 0 Å². The first-order valence-electron chi connectivity index (χ1n) is 10.3. The van der Waals surface area contributed by atoms with E-state index in [1.807, 2.05) is 35.2 Å². The van der Waals surface area contributed by atoms with Gasteiger partial charge >= 0.3 is 0 Å². The number of benzene rings is 2. The van der Waals surface area contributed by atoms with Crippen LogP contribution in [0, 0.1) is 5.92 Å². The average Bonchev–Trinajstić information content (AvgIpc) is 3.25. The molecule has 1 saturated heterocycles. The Bertz CT molecular complexity index is 943. The van der Waals surface area contributed by atoms with Gasteiger partial charge in [0.1, 0.15) is 0 Å². The largest absolute Gasteiger partial charge is 0.340 e. The molecule has 2 aromatic rings. The number of amides is 1. The molecule has 5 nitrogen and oxygen atoms in total. The third kappa shape index (κ3) is 4.08. The fourth-order valence-corrected chi connectivity index (χ4v) is 5.90. The van der Waals surface area contributed by atoms with Gasteiger partial charge in [0.15, 0.2) is 0 Å². The number of carbonyl (C=O) groups excluding carboxylic acids is 1. The van der Waals surface area contributed by atoms with E-state index in [1.165, 1.54) is 30.0 Å². The molecule has 28 heavy (non-hydrogen) atoms. The van der Waals surface area contributed by atoms with Crippen molar-refractivity contribution in [2.75, 3.05) is 26.2 Å². The maximum absolute atomic E-state index is 13.0. The Labute approximate surface area is 167 Å². The molecule has 0 unspecified atom stereocenters. The molecule has 1 aliphatic heterocycles. The highest BCUT2D eigenvalue weighted by Gasteiger charge is 2.30. The van der Waals surface area contributed by atoms with Gasteiger partial charge in [-0.25, -0.2) is 8.42 Å². The molecule has 0 spiro atoms. The molecule has 0 radical (unpaired) electrons. The van der Waals surface area contributed by atoms with Crippen LogP contribution >= 0.6 is 0 Å². The molecule has 1 heterocycles. The molecule has 1 amide bonds. The summed E-state index contributed by atoms with van der Waals surface area (Å²) in [5.74, 6) is 0.883. The molecular weight excluding hydrogens is 372 g/mol. The minimum absolute atomic E-state index is 0.176. The summed E-state index contributed by atoms with van der Waals surface area (Å²) < 4.78 is 27.6. The standard InChI is InChI=1S/C22H28N2O3S/c25-22(12-9-18-5-1-2-6-18)23-13-15-24(16-14-23)28(26,27)21-11-10-19-7-3-4-8-20(19)17-21/h3-4,7-8,10-11,17-18H,1-2,5-6,9,12-16H2. The van der Waals surface area contributed by atoms with Crippen LogP contribution in [0.3, 0.4) is 0 Å². The van der Waals surface area contributed by atoms with Gasteiger partial charge in [-0.3, -0.25) is 4.79 Å². The smallest absolute Gasteiger partial charge is 0.243 e. The van der Waals surface area contributed by atoms with Crippen LogP contribution in [0.15, 0.2) is 47.4 Å². The number of hydrogen-bond acceptors (Lipinski definition) is 3. The highest BCUT2D eigenvalue weighted by molar-refractivity contribution is 7.89. The Balaban J connectivity index is 1.37. The SMILES string of the molecule is O=C(CCC1CCCC1)N1CCN(S(=O)(=O)c2ccc3ccccc3c2)CC1. The van der Waals surface area contributed by atoms with Crippen molar-refractivity contribution >= 4 is 26.7 Å². The zero-order valence-electron chi connectivity index (χ0n) is 16.2. The highest BCUT2D eigenvalue weighted by Crippen LogP contribution is 2.29. The number of sulfonamides is 1. The number of nitrogens with zero attached hydrogens (tertiary/aromatic N) is 2. The summed E-state index contributed by atoms with van der Waals surface area (Å²) in [6, 6.07) is 13.0. The van der Waals surface area contributed by atoms with E-state index in [1.54, 1.807) is 12.1 Å². The summed E-state index contributed by atoms with van der Waals surface area (Å²) in [6.45, 7) is 1.70. The van der Waals surface area contributed by atoms with Gasteiger partial charge in [0.05, 0.1) is 4.90 Å². The number of carbonyl (C=O) groups is 1. The van der Waals surface area contributed by atoms with E-state index in [2.05, 4.69) is 0 Å². The minimum atomic E-state index is -3.53. The van der Waals surface area contributed by atoms with Crippen molar-refractivity contribution in [1.82, 2.24) is 9.21 Å². The lowest BCUT2D eigenvalue weighted by molar-refractivity contribution is -0.132. The maximum atomic E-state index is 13.0. The topological polar surface area (TPSA) is 57.7 Å². The molecule has 0 N–H and O–H groups in total. The zero-order chi connectivity index (χ0) is 19.6. The molecule has 6 heteroatoms. The van der Waals surface area contributed by atoms with Gasteiger partial charge in [0.25, 0.3) is 0 Å².